The fourth-order valence-corrected chi connectivity index (χ4v) is 4.50. The molecule has 0 atom stereocenters. The molecule has 2 amide bonds. The molecule has 0 saturated heterocycles. The smallest absolute Gasteiger partial charge is 0.276 e. The number of nitrogens with zero attached hydrogens (tertiary/aromatic N) is 3. The first-order chi connectivity index (χ1) is 19.2. The number of carbonyl (C=O) groups excluding carboxylic acids is 2. The van der Waals surface area contributed by atoms with Crippen LogP contribution in [0.1, 0.15) is 16.8 Å². The molecule has 0 fully saturated rings. The highest BCUT2D eigenvalue weighted by atomic mass is 35.5. The maximum Gasteiger partial charge on any atom is 0.276 e. The van der Waals surface area contributed by atoms with E-state index in [1.807, 2.05) is 37.3 Å². The van der Waals surface area contributed by atoms with Crippen molar-refractivity contribution in [1.29, 1.82) is 0 Å². The predicted molar refractivity (Wildman–Crippen MR) is 156 cm³/mol. The van der Waals surface area contributed by atoms with Crippen molar-refractivity contribution in [1.82, 2.24) is 10.3 Å². The zero-order chi connectivity index (χ0) is 28.8. The summed E-state index contributed by atoms with van der Waals surface area (Å²) in [4.78, 5) is 41.6. The van der Waals surface area contributed by atoms with Gasteiger partial charge in [-0.15, -0.1) is 0 Å². The van der Waals surface area contributed by atoms with Crippen molar-refractivity contribution < 1.29 is 19.2 Å². The van der Waals surface area contributed by atoms with Gasteiger partial charge in [-0.05, 0) is 43.3 Å². The Morgan fingerprint density at radius 2 is 1.85 bits per heavy atom. The summed E-state index contributed by atoms with van der Waals surface area (Å²) in [5.74, 6) is -0.466. The summed E-state index contributed by atoms with van der Waals surface area (Å²) in [6.45, 7) is 1.60. The van der Waals surface area contributed by atoms with Crippen LogP contribution >= 0.6 is 23.2 Å². The fourth-order valence-electron chi connectivity index (χ4n) is 3.90. The molecule has 1 aromatic heterocycles. The lowest BCUT2D eigenvalue weighted by molar-refractivity contribution is -0.385. The number of pyridine rings is 1. The molecule has 0 spiro atoms. The van der Waals surface area contributed by atoms with Crippen molar-refractivity contribution in [2.45, 2.75) is 13.5 Å². The summed E-state index contributed by atoms with van der Waals surface area (Å²) >= 11 is 13.1. The van der Waals surface area contributed by atoms with Crippen LogP contribution in [0.3, 0.4) is 0 Å². The fraction of sp³-hybridized carbons (Fsp3) is 0.138. The van der Waals surface area contributed by atoms with Gasteiger partial charge in [-0.3, -0.25) is 19.7 Å². The number of benzene rings is 3. The Labute approximate surface area is 240 Å². The third-order valence-corrected chi connectivity index (χ3v) is 6.83. The molecule has 0 unspecified atom stereocenters. The van der Waals surface area contributed by atoms with E-state index in [9.17, 15) is 19.7 Å². The topological polar surface area (TPSA) is 115 Å². The van der Waals surface area contributed by atoms with Gasteiger partial charge in [0, 0.05) is 40.9 Å². The van der Waals surface area contributed by atoms with Crippen LogP contribution in [-0.4, -0.2) is 35.3 Å². The highest BCUT2D eigenvalue weighted by Crippen LogP contribution is 2.35. The monoisotopic (exact) mass is 578 g/mol. The van der Waals surface area contributed by atoms with Gasteiger partial charge in [0.05, 0.1) is 27.7 Å². The molecule has 0 saturated carbocycles. The van der Waals surface area contributed by atoms with Crippen molar-refractivity contribution in [2.24, 2.45) is 0 Å². The molecule has 0 aliphatic rings. The minimum absolute atomic E-state index is 0.0371. The lowest BCUT2D eigenvalue weighted by Crippen LogP contribution is -2.37. The van der Waals surface area contributed by atoms with E-state index in [4.69, 9.17) is 27.9 Å². The van der Waals surface area contributed by atoms with Gasteiger partial charge >= 0.3 is 0 Å². The number of likely N-dealkylation sites (N-methyl/N-ethyl adjacent to an activating group) is 1. The first-order valence-corrected chi connectivity index (χ1v) is 12.8. The Morgan fingerprint density at radius 1 is 1.07 bits per heavy atom. The number of aromatic nitrogens is 1. The van der Waals surface area contributed by atoms with Crippen LogP contribution in [0, 0.1) is 17.0 Å². The minimum Gasteiger partial charge on any atom is -0.487 e. The lowest BCUT2D eigenvalue weighted by atomic mass is 10.1. The van der Waals surface area contributed by atoms with Crippen LogP contribution in [-0.2, 0) is 16.2 Å². The third-order valence-electron chi connectivity index (χ3n) is 6.06. The van der Waals surface area contributed by atoms with Crippen LogP contribution in [0.25, 0.3) is 17.0 Å². The molecule has 204 valence electrons. The Morgan fingerprint density at radius 3 is 2.62 bits per heavy atom. The molecule has 0 aliphatic carbocycles. The lowest BCUT2D eigenvalue weighted by Gasteiger charge is -2.21. The van der Waals surface area contributed by atoms with Gasteiger partial charge in [0.1, 0.15) is 17.9 Å². The summed E-state index contributed by atoms with van der Waals surface area (Å²) < 4.78 is 6.04. The van der Waals surface area contributed by atoms with Crippen LogP contribution < -0.4 is 15.0 Å². The number of hydrogen-bond acceptors (Lipinski definition) is 6. The predicted octanol–water partition coefficient (Wildman–Crippen LogP) is 6.13. The third kappa shape index (κ3) is 6.56. The largest absolute Gasteiger partial charge is 0.487 e. The van der Waals surface area contributed by atoms with Gasteiger partial charge in [-0.2, -0.15) is 0 Å². The number of rotatable bonds is 9. The molecule has 0 bridgehead atoms. The van der Waals surface area contributed by atoms with Gasteiger partial charge in [-0.25, -0.2) is 4.98 Å². The number of fused-ring (bicyclic) bond motifs is 1. The second-order valence-electron chi connectivity index (χ2n) is 8.75. The van der Waals surface area contributed by atoms with E-state index < -0.39 is 16.7 Å². The van der Waals surface area contributed by atoms with Crippen molar-refractivity contribution in [3.63, 3.8) is 0 Å². The number of nitrogens with one attached hydrogen (secondary N) is 1. The summed E-state index contributed by atoms with van der Waals surface area (Å²) in [5, 5.41) is 15.1. The van der Waals surface area contributed by atoms with Gasteiger partial charge in [0.2, 0.25) is 11.8 Å². The van der Waals surface area contributed by atoms with Crippen LogP contribution in [0.4, 0.5) is 11.4 Å². The van der Waals surface area contributed by atoms with Gasteiger partial charge < -0.3 is 15.0 Å². The average molecular weight is 579 g/mol. The number of ether oxygens (including phenoxy) is 1. The zero-order valence-electron chi connectivity index (χ0n) is 21.6. The maximum atomic E-state index is 12.8. The van der Waals surface area contributed by atoms with Gasteiger partial charge in [0.25, 0.3) is 5.69 Å². The van der Waals surface area contributed by atoms with Crippen LogP contribution in [0.15, 0.2) is 72.8 Å². The molecule has 0 aliphatic heterocycles. The minimum atomic E-state index is -0.588. The van der Waals surface area contributed by atoms with E-state index in [0.29, 0.717) is 27.5 Å². The Kier molecular flexibility index (Phi) is 8.98. The molecular weight excluding hydrogens is 555 g/mol. The van der Waals surface area contributed by atoms with Crippen molar-refractivity contribution in [3.05, 3.63) is 110 Å². The molecule has 4 aromatic rings. The van der Waals surface area contributed by atoms with E-state index >= 15 is 0 Å². The number of nitro benzene ring substituents is 1. The average Bonchev–Trinajstić information content (AvgIpc) is 2.94. The van der Waals surface area contributed by atoms with E-state index in [0.717, 1.165) is 17.2 Å². The van der Waals surface area contributed by atoms with Crippen LogP contribution in [0.5, 0.6) is 5.75 Å². The highest BCUT2D eigenvalue weighted by molar-refractivity contribution is 6.38. The molecule has 0 radical (unpaired) electrons. The number of carbonyl (C=O) groups is 2. The molecule has 9 nitrogen and oxygen atoms in total. The molecule has 4 rings (SSSR count). The Balaban J connectivity index is 1.43. The molecule has 1 heterocycles. The first-order valence-electron chi connectivity index (χ1n) is 12.1. The Bertz CT molecular complexity index is 1640. The van der Waals surface area contributed by atoms with Gasteiger partial charge in [0.15, 0.2) is 0 Å². The van der Waals surface area contributed by atoms with Crippen LogP contribution in [0.2, 0.25) is 10.0 Å². The standard InChI is InChI=1S/C29H24Cl2N4O5/c1-18-10-11-20-7-5-9-25(29(20)33-18)40-17-21-22(30)13-14-24(28(21)31)34(2)27(37)16-32-26(36)15-12-19-6-3-4-8-23(19)35(38)39/h3-15H,16-17H2,1-2H3,(H,32,36)/b15-12+. The second-order valence-corrected chi connectivity index (χ2v) is 9.53. The van der Waals surface area contributed by atoms with E-state index in [-0.39, 0.29) is 29.4 Å². The highest BCUT2D eigenvalue weighted by Gasteiger charge is 2.19. The van der Waals surface area contributed by atoms with Crippen molar-refractivity contribution >= 4 is 63.4 Å². The zero-order valence-corrected chi connectivity index (χ0v) is 23.1. The molecule has 3 aromatic carbocycles. The number of nitro groups is 1. The molecule has 1 N–H and O–H groups in total. The first kappa shape index (κ1) is 28.5. The number of aryl methyl sites for hydroxylation is 1. The van der Waals surface area contributed by atoms with E-state index in [1.165, 1.54) is 36.2 Å². The number of amides is 2. The number of hydrogen-bond donors (Lipinski definition) is 1. The van der Waals surface area contributed by atoms with Gasteiger partial charge in [-0.1, -0.05) is 53.5 Å². The van der Waals surface area contributed by atoms with Crippen molar-refractivity contribution in [2.75, 3.05) is 18.5 Å². The summed E-state index contributed by atoms with van der Waals surface area (Å²) in [5.41, 5.74) is 2.57. The summed E-state index contributed by atoms with van der Waals surface area (Å²) in [6, 6.07) is 18.7. The van der Waals surface area contributed by atoms with E-state index in [2.05, 4.69) is 10.3 Å². The number of halogens is 2. The molecule has 40 heavy (non-hydrogen) atoms. The second kappa shape index (κ2) is 12.6. The normalized spacial score (nSPS) is 11.0. The summed E-state index contributed by atoms with van der Waals surface area (Å²) in [6.07, 6.45) is 2.45. The number of anilines is 1. The number of para-hydroxylation sites is 2. The molecular formula is C29H24Cl2N4O5. The van der Waals surface area contributed by atoms with E-state index in [1.54, 1.807) is 18.2 Å². The maximum absolute atomic E-state index is 12.8. The Hall–Kier alpha value is -4.47. The summed E-state index contributed by atoms with van der Waals surface area (Å²) in [7, 11) is 1.52. The molecule has 11 heteroatoms. The van der Waals surface area contributed by atoms with Crippen molar-refractivity contribution in [3.8, 4) is 5.75 Å². The quantitative estimate of drug-likeness (QED) is 0.145. The SMILES string of the molecule is Cc1ccc2cccc(OCc3c(Cl)ccc(N(C)C(=O)CNC(=O)/C=C/c4ccccc4[N+](=O)[O-])c3Cl)c2n1.